The van der Waals surface area contributed by atoms with Gasteiger partial charge in [-0.05, 0) is 12.8 Å². The van der Waals surface area contributed by atoms with E-state index in [0.717, 1.165) is 32.5 Å². The van der Waals surface area contributed by atoms with Crippen LogP contribution in [0.25, 0.3) is 0 Å². The highest BCUT2D eigenvalue weighted by Crippen LogP contribution is 2.02. The second-order valence-corrected chi connectivity index (χ2v) is 4.16. The van der Waals surface area contributed by atoms with Gasteiger partial charge in [-0.15, -0.1) is 0 Å². The lowest BCUT2D eigenvalue weighted by Gasteiger charge is -2.24. The topological polar surface area (TPSA) is 73.5 Å². The van der Waals surface area contributed by atoms with Crippen molar-refractivity contribution in [1.82, 2.24) is 20.9 Å². The maximum atomic E-state index is 11.4. The molecule has 16 heavy (non-hydrogen) atoms. The van der Waals surface area contributed by atoms with Gasteiger partial charge in [0.25, 0.3) is 0 Å². The minimum absolute atomic E-state index is 0.00473. The SMILES string of the molecule is O=C1NCCCC1NCCN1CCNC1=O. The van der Waals surface area contributed by atoms with Gasteiger partial charge in [-0.2, -0.15) is 0 Å². The fourth-order valence-corrected chi connectivity index (χ4v) is 2.07. The first kappa shape index (κ1) is 11.2. The van der Waals surface area contributed by atoms with Gasteiger partial charge in [-0.1, -0.05) is 0 Å². The first-order valence-electron chi connectivity index (χ1n) is 5.81. The van der Waals surface area contributed by atoms with Crippen LogP contribution in [0.1, 0.15) is 12.8 Å². The molecule has 0 radical (unpaired) electrons. The molecule has 0 spiro atoms. The third kappa shape index (κ3) is 2.63. The summed E-state index contributed by atoms with van der Waals surface area (Å²) in [5.74, 6) is 0.0807. The van der Waals surface area contributed by atoms with Gasteiger partial charge in [-0.25, -0.2) is 4.79 Å². The molecule has 1 atom stereocenters. The van der Waals surface area contributed by atoms with E-state index in [2.05, 4.69) is 16.0 Å². The number of piperidine rings is 1. The summed E-state index contributed by atoms with van der Waals surface area (Å²) < 4.78 is 0. The van der Waals surface area contributed by atoms with Crippen LogP contribution in [-0.2, 0) is 4.79 Å². The van der Waals surface area contributed by atoms with Crippen LogP contribution in [-0.4, -0.2) is 55.6 Å². The molecule has 3 amide bonds. The molecule has 90 valence electrons. The highest BCUT2D eigenvalue weighted by atomic mass is 16.2. The fourth-order valence-electron chi connectivity index (χ4n) is 2.07. The van der Waals surface area contributed by atoms with Crippen molar-refractivity contribution in [2.24, 2.45) is 0 Å². The van der Waals surface area contributed by atoms with Crippen molar-refractivity contribution in [3.63, 3.8) is 0 Å². The minimum Gasteiger partial charge on any atom is -0.355 e. The van der Waals surface area contributed by atoms with Crippen LogP contribution in [0.5, 0.6) is 0 Å². The molecule has 2 saturated heterocycles. The van der Waals surface area contributed by atoms with Crippen molar-refractivity contribution < 1.29 is 9.59 Å². The molecule has 3 N–H and O–H groups in total. The first-order chi connectivity index (χ1) is 7.77. The van der Waals surface area contributed by atoms with E-state index in [-0.39, 0.29) is 18.0 Å². The van der Waals surface area contributed by atoms with Gasteiger partial charge in [0.15, 0.2) is 0 Å². The zero-order valence-corrected chi connectivity index (χ0v) is 9.29. The van der Waals surface area contributed by atoms with Crippen LogP contribution < -0.4 is 16.0 Å². The lowest BCUT2D eigenvalue weighted by Crippen LogP contribution is -2.50. The number of rotatable bonds is 4. The van der Waals surface area contributed by atoms with E-state index < -0.39 is 0 Å². The van der Waals surface area contributed by atoms with Crippen LogP contribution >= 0.6 is 0 Å². The number of nitrogens with one attached hydrogen (secondary N) is 3. The second-order valence-electron chi connectivity index (χ2n) is 4.16. The monoisotopic (exact) mass is 226 g/mol. The average Bonchev–Trinajstić information content (AvgIpc) is 2.67. The number of urea groups is 1. The summed E-state index contributed by atoms with van der Waals surface area (Å²) in [6.07, 6.45) is 1.91. The largest absolute Gasteiger partial charge is 0.355 e. The molecule has 0 bridgehead atoms. The second kappa shape index (κ2) is 5.16. The zero-order chi connectivity index (χ0) is 11.4. The smallest absolute Gasteiger partial charge is 0.317 e. The summed E-state index contributed by atoms with van der Waals surface area (Å²) in [4.78, 5) is 24.4. The normalized spacial score (nSPS) is 25.5. The molecule has 2 fully saturated rings. The standard InChI is InChI=1S/C10H18N4O2/c15-9-8(2-1-3-12-9)11-4-6-14-7-5-13-10(14)16/h8,11H,1-7H2,(H,12,15)(H,13,16). The third-order valence-electron chi connectivity index (χ3n) is 3.00. The molecule has 6 heteroatoms. The predicted molar refractivity (Wildman–Crippen MR) is 59.0 cm³/mol. The van der Waals surface area contributed by atoms with E-state index in [0.29, 0.717) is 13.1 Å². The van der Waals surface area contributed by atoms with Gasteiger partial charge < -0.3 is 20.9 Å². The predicted octanol–water partition coefficient (Wildman–Crippen LogP) is -1.12. The van der Waals surface area contributed by atoms with E-state index in [1.807, 2.05) is 0 Å². The van der Waals surface area contributed by atoms with Gasteiger partial charge in [0.2, 0.25) is 5.91 Å². The molecular formula is C10H18N4O2. The summed E-state index contributed by atoms with van der Waals surface area (Å²) >= 11 is 0. The van der Waals surface area contributed by atoms with Gasteiger partial charge in [0, 0.05) is 32.7 Å². The van der Waals surface area contributed by atoms with Crippen molar-refractivity contribution in [2.45, 2.75) is 18.9 Å². The van der Waals surface area contributed by atoms with Gasteiger partial charge in [0.1, 0.15) is 0 Å². The van der Waals surface area contributed by atoms with E-state index in [1.54, 1.807) is 4.90 Å². The number of amides is 3. The Morgan fingerprint density at radius 3 is 2.88 bits per heavy atom. The number of hydrogen-bond donors (Lipinski definition) is 3. The highest BCUT2D eigenvalue weighted by molar-refractivity contribution is 5.82. The summed E-state index contributed by atoms with van der Waals surface area (Å²) in [5.41, 5.74) is 0. The Bertz CT molecular complexity index is 282. The summed E-state index contributed by atoms with van der Waals surface area (Å²) in [6.45, 7) is 3.60. The van der Waals surface area contributed by atoms with Crippen molar-refractivity contribution >= 4 is 11.9 Å². The van der Waals surface area contributed by atoms with Crippen molar-refractivity contribution in [2.75, 3.05) is 32.7 Å². The summed E-state index contributed by atoms with van der Waals surface area (Å²) in [5, 5.41) is 8.76. The molecule has 0 aromatic carbocycles. The van der Waals surface area contributed by atoms with Crippen molar-refractivity contribution in [3.05, 3.63) is 0 Å². The molecule has 2 heterocycles. The van der Waals surface area contributed by atoms with Gasteiger partial charge in [0.05, 0.1) is 6.04 Å². The van der Waals surface area contributed by atoms with Crippen molar-refractivity contribution in [1.29, 1.82) is 0 Å². The molecule has 0 aliphatic carbocycles. The Kier molecular flexibility index (Phi) is 3.61. The Labute approximate surface area is 94.7 Å². The maximum Gasteiger partial charge on any atom is 0.317 e. The van der Waals surface area contributed by atoms with Crippen LogP contribution in [0, 0.1) is 0 Å². The van der Waals surface area contributed by atoms with Crippen LogP contribution in [0.2, 0.25) is 0 Å². The lowest BCUT2D eigenvalue weighted by atomic mass is 10.1. The Hall–Kier alpha value is -1.30. The summed E-state index contributed by atoms with van der Waals surface area (Å²) in [7, 11) is 0. The zero-order valence-electron chi connectivity index (χ0n) is 9.29. The first-order valence-corrected chi connectivity index (χ1v) is 5.81. The Morgan fingerprint density at radius 2 is 2.19 bits per heavy atom. The molecular weight excluding hydrogens is 208 g/mol. The molecule has 0 saturated carbocycles. The third-order valence-corrected chi connectivity index (χ3v) is 3.00. The highest BCUT2D eigenvalue weighted by Gasteiger charge is 2.22. The number of hydrogen-bond acceptors (Lipinski definition) is 3. The molecule has 2 aliphatic heterocycles. The molecule has 6 nitrogen and oxygen atoms in total. The molecule has 0 aromatic rings. The van der Waals surface area contributed by atoms with Gasteiger partial charge in [-0.3, -0.25) is 4.79 Å². The minimum atomic E-state index is -0.0839. The van der Waals surface area contributed by atoms with E-state index in [1.165, 1.54) is 0 Å². The summed E-state index contributed by atoms with van der Waals surface area (Å²) in [6, 6.07) is -0.0886. The van der Waals surface area contributed by atoms with E-state index in [9.17, 15) is 9.59 Å². The van der Waals surface area contributed by atoms with E-state index in [4.69, 9.17) is 0 Å². The number of carbonyl (C=O) groups excluding carboxylic acids is 2. The molecule has 2 rings (SSSR count). The Morgan fingerprint density at radius 1 is 1.31 bits per heavy atom. The fraction of sp³-hybridized carbons (Fsp3) is 0.800. The van der Waals surface area contributed by atoms with Crippen LogP contribution in [0.4, 0.5) is 4.79 Å². The van der Waals surface area contributed by atoms with Crippen LogP contribution in [0.3, 0.4) is 0 Å². The van der Waals surface area contributed by atoms with E-state index >= 15 is 0 Å². The molecule has 2 aliphatic rings. The quantitative estimate of drug-likeness (QED) is 0.568. The molecule has 1 unspecified atom stereocenters. The van der Waals surface area contributed by atoms with Gasteiger partial charge >= 0.3 is 6.03 Å². The number of nitrogens with zero attached hydrogens (tertiary/aromatic N) is 1. The van der Waals surface area contributed by atoms with Crippen molar-refractivity contribution in [3.8, 4) is 0 Å². The number of carbonyl (C=O) groups is 2. The lowest BCUT2D eigenvalue weighted by molar-refractivity contribution is -0.124. The molecule has 0 aromatic heterocycles. The van der Waals surface area contributed by atoms with Crippen LogP contribution in [0.15, 0.2) is 0 Å². The maximum absolute atomic E-state index is 11.4. The Balaban J connectivity index is 1.67. The average molecular weight is 226 g/mol.